The van der Waals surface area contributed by atoms with Crippen LogP contribution < -0.4 is 10.6 Å². The maximum Gasteiger partial charge on any atom is 0.322 e. The van der Waals surface area contributed by atoms with Gasteiger partial charge in [0.25, 0.3) is 5.69 Å². The molecule has 3 amide bonds. The maximum absolute atomic E-state index is 12.4. The monoisotopic (exact) mass is 374 g/mol. The number of nitrogens with one attached hydrogen (secondary N) is 2. The third-order valence-electron chi connectivity index (χ3n) is 4.26. The summed E-state index contributed by atoms with van der Waals surface area (Å²) in [6.45, 7) is 0.929. The van der Waals surface area contributed by atoms with Crippen molar-refractivity contribution < 1.29 is 14.5 Å². The number of hydrogen-bond acceptors (Lipinski definition) is 5. The zero-order chi connectivity index (χ0) is 18.5. The van der Waals surface area contributed by atoms with E-state index in [9.17, 15) is 19.7 Å². The quantitative estimate of drug-likeness (QED) is 0.631. The van der Waals surface area contributed by atoms with Crippen LogP contribution in [0, 0.1) is 16.0 Å². The van der Waals surface area contributed by atoms with E-state index in [1.54, 1.807) is 17.0 Å². The number of nitro groups is 1. The molecule has 1 saturated heterocycles. The highest BCUT2D eigenvalue weighted by Gasteiger charge is 2.28. The number of thiophene rings is 1. The number of rotatable bonds is 4. The third-order valence-corrected chi connectivity index (χ3v) is 5.05. The molecular weight excluding hydrogens is 356 g/mol. The van der Waals surface area contributed by atoms with Crippen LogP contribution in [0.4, 0.5) is 21.2 Å². The summed E-state index contributed by atoms with van der Waals surface area (Å²) in [4.78, 5) is 36.8. The number of nitrogens with zero attached hydrogens (tertiary/aromatic N) is 2. The van der Waals surface area contributed by atoms with Gasteiger partial charge in [0.15, 0.2) is 0 Å². The van der Waals surface area contributed by atoms with Gasteiger partial charge in [-0.15, -0.1) is 11.3 Å². The van der Waals surface area contributed by atoms with Gasteiger partial charge in [0.05, 0.1) is 9.92 Å². The zero-order valence-corrected chi connectivity index (χ0v) is 14.7. The lowest BCUT2D eigenvalue weighted by Crippen LogP contribution is -2.43. The van der Waals surface area contributed by atoms with Gasteiger partial charge in [0, 0.05) is 25.1 Å². The lowest BCUT2D eigenvalue weighted by Gasteiger charge is -2.31. The van der Waals surface area contributed by atoms with Gasteiger partial charge >= 0.3 is 6.03 Å². The minimum atomic E-state index is -0.521. The van der Waals surface area contributed by atoms with E-state index in [0.29, 0.717) is 25.9 Å². The molecule has 9 heteroatoms. The number of amides is 3. The Bertz CT molecular complexity index is 801. The highest BCUT2D eigenvalue weighted by atomic mass is 32.1. The van der Waals surface area contributed by atoms with Gasteiger partial charge in [-0.25, -0.2) is 4.79 Å². The minimum Gasteiger partial charge on any atom is -0.324 e. The molecule has 2 N–H and O–H groups in total. The fourth-order valence-corrected chi connectivity index (χ4v) is 3.46. The summed E-state index contributed by atoms with van der Waals surface area (Å²) >= 11 is 1.45. The number of benzene rings is 1. The van der Waals surface area contributed by atoms with Crippen LogP contribution in [0.25, 0.3) is 0 Å². The number of urea groups is 1. The van der Waals surface area contributed by atoms with Gasteiger partial charge in [0.2, 0.25) is 5.91 Å². The normalized spacial score (nSPS) is 14.7. The zero-order valence-electron chi connectivity index (χ0n) is 13.9. The number of nitro benzene ring substituents is 1. The lowest BCUT2D eigenvalue weighted by atomic mass is 9.96. The Hall–Kier alpha value is -2.94. The summed E-state index contributed by atoms with van der Waals surface area (Å²) in [5.74, 6) is -0.529. The fraction of sp³-hybridized carbons (Fsp3) is 0.294. The molecular formula is C17H18N4O4S. The minimum absolute atomic E-state index is 0.131. The summed E-state index contributed by atoms with van der Waals surface area (Å²) in [7, 11) is 0. The number of piperidine rings is 1. The van der Waals surface area contributed by atoms with Gasteiger partial charge in [-0.2, -0.15) is 0 Å². The first kappa shape index (κ1) is 17.9. The average molecular weight is 374 g/mol. The predicted molar refractivity (Wildman–Crippen MR) is 99.4 cm³/mol. The van der Waals surface area contributed by atoms with Crippen LogP contribution in [-0.4, -0.2) is 34.9 Å². The standard InChI is InChI=1S/C17H18N4O4S/c22-16(18-13-4-1-2-5-14(13)21(24)25)12-7-9-20(10-8-12)17(23)19-15-6-3-11-26-15/h1-6,11-12H,7-10H2,(H,18,22)(H,19,23). The summed E-state index contributed by atoms with van der Waals surface area (Å²) in [5, 5.41) is 19.2. The second-order valence-electron chi connectivity index (χ2n) is 5.93. The summed E-state index contributed by atoms with van der Waals surface area (Å²) in [5.41, 5.74) is 0.0639. The first-order chi connectivity index (χ1) is 12.5. The first-order valence-electron chi connectivity index (χ1n) is 8.18. The second-order valence-corrected chi connectivity index (χ2v) is 6.88. The molecule has 2 heterocycles. The molecule has 1 aliphatic rings. The molecule has 0 radical (unpaired) electrons. The lowest BCUT2D eigenvalue weighted by molar-refractivity contribution is -0.383. The van der Waals surface area contributed by atoms with Crippen molar-refractivity contribution in [3.63, 3.8) is 0 Å². The van der Waals surface area contributed by atoms with Gasteiger partial charge in [0.1, 0.15) is 5.69 Å². The molecule has 1 aliphatic heterocycles. The molecule has 0 bridgehead atoms. The Labute approximate surface area is 154 Å². The molecule has 8 nitrogen and oxygen atoms in total. The second kappa shape index (κ2) is 7.96. The SMILES string of the molecule is O=C(Nc1ccccc1[N+](=O)[O-])C1CCN(C(=O)Nc2cccs2)CC1. The van der Waals surface area contributed by atoms with Crippen molar-refractivity contribution in [1.29, 1.82) is 0 Å². The average Bonchev–Trinajstić information content (AvgIpc) is 3.15. The molecule has 1 aromatic heterocycles. The van der Waals surface area contributed by atoms with Crippen LogP contribution in [0.3, 0.4) is 0 Å². The van der Waals surface area contributed by atoms with Crippen molar-refractivity contribution in [2.45, 2.75) is 12.8 Å². The number of carbonyl (C=O) groups excluding carboxylic acids is 2. The topological polar surface area (TPSA) is 105 Å². The molecule has 0 spiro atoms. The summed E-state index contributed by atoms with van der Waals surface area (Å²) in [6.07, 6.45) is 1.04. The van der Waals surface area contributed by atoms with Gasteiger partial charge < -0.3 is 10.2 Å². The van der Waals surface area contributed by atoms with E-state index in [1.165, 1.54) is 23.5 Å². The molecule has 3 rings (SSSR count). The predicted octanol–water partition coefficient (Wildman–Crippen LogP) is 3.54. The van der Waals surface area contributed by atoms with E-state index >= 15 is 0 Å². The Morgan fingerprint density at radius 2 is 1.85 bits per heavy atom. The third kappa shape index (κ3) is 4.17. The molecule has 136 valence electrons. The molecule has 1 fully saturated rings. The Kier molecular flexibility index (Phi) is 5.47. The van der Waals surface area contributed by atoms with Crippen LogP contribution in [0.1, 0.15) is 12.8 Å². The van der Waals surface area contributed by atoms with Crippen molar-refractivity contribution in [1.82, 2.24) is 4.90 Å². The van der Waals surface area contributed by atoms with E-state index in [2.05, 4.69) is 10.6 Å². The molecule has 0 unspecified atom stereocenters. The number of hydrogen-bond donors (Lipinski definition) is 2. The Morgan fingerprint density at radius 3 is 2.50 bits per heavy atom. The van der Waals surface area contributed by atoms with Crippen LogP contribution in [0.2, 0.25) is 0 Å². The van der Waals surface area contributed by atoms with Crippen LogP contribution in [0.5, 0.6) is 0 Å². The highest BCUT2D eigenvalue weighted by Crippen LogP contribution is 2.26. The molecule has 1 aromatic carbocycles. The molecule has 2 aromatic rings. The molecule has 0 atom stereocenters. The van der Waals surface area contributed by atoms with Crippen LogP contribution in [-0.2, 0) is 4.79 Å². The fourth-order valence-electron chi connectivity index (χ4n) is 2.85. The Balaban J connectivity index is 1.54. The number of anilines is 2. The molecule has 26 heavy (non-hydrogen) atoms. The summed E-state index contributed by atoms with van der Waals surface area (Å²) < 4.78 is 0. The van der Waals surface area contributed by atoms with Crippen LogP contribution >= 0.6 is 11.3 Å². The smallest absolute Gasteiger partial charge is 0.322 e. The largest absolute Gasteiger partial charge is 0.324 e. The molecule has 0 aliphatic carbocycles. The van der Waals surface area contributed by atoms with E-state index in [0.717, 1.165) is 5.00 Å². The van der Waals surface area contributed by atoms with Gasteiger partial charge in [-0.3, -0.25) is 20.2 Å². The maximum atomic E-state index is 12.4. The van der Waals surface area contributed by atoms with Gasteiger partial charge in [-0.1, -0.05) is 12.1 Å². The number of carbonyl (C=O) groups is 2. The van der Waals surface area contributed by atoms with Crippen molar-refractivity contribution in [3.8, 4) is 0 Å². The van der Waals surface area contributed by atoms with Crippen molar-refractivity contribution in [3.05, 3.63) is 51.9 Å². The van der Waals surface area contributed by atoms with E-state index in [4.69, 9.17) is 0 Å². The van der Waals surface area contributed by atoms with E-state index in [1.807, 2.05) is 17.5 Å². The first-order valence-corrected chi connectivity index (χ1v) is 9.06. The molecule has 0 saturated carbocycles. The van der Waals surface area contributed by atoms with Crippen molar-refractivity contribution >= 4 is 39.7 Å². The van der Waals surface area contributed by atoms with Crippen LogP contribution in [0.15, 0.2) is 41.8 Å². The van der Waals surface area contributed by atoms with E-state index < -0.39 is 4.92 Å². The van der Waals surface area contributed by atoms with Crippen molar-refractivity contribution in [2.75, 3.05) is 23.7 Å². The van der Waals surface area contributed by atoms with Crippen molar-refractivity contribution in [2.24, 2.45) is 5.92 Å². The highest BCUT2D eigenvalue weighted by molar-refractivity contribution is 7.14. The van der Waals surface area contributed by atoms with Gasteiger partial charge in [-0.05, 0) is 36.4 Å². The Morgan fingerprint density at radius 1 is 1.12 bits per heavy atom. The van der Waals surface area contributed by atoms with E-state index in [-0.39, 0.29) is 29.2 Å². The number of likely N-dealkylation sites (tertiary alicyclic amines) is 1. The number of para-hydroxylation sites is 2. The summed E-state index contributed by atoms with van der Waals surface area (Å²) in [6, 6.07) is 9.57.